The summed E-state index contributed by atoms with van der Waals surface area (Å²) in [6, 6.07) is 14.5. The van der Waals surface area contributed by atoms with Crippen molar-refractivity contribution in [2.45, 2.75) is 19.6 Å². The van der Waals surface area contributed by atoms with Gasteiger partial charge in [-0.1, -0.05) is 30.3 Å². The number of anilines is 2. The van der Waals surface area contributed by atoms with Gasteiger partial charge in [0.15, 0.2) is 6.10 Å². The van der Waals surface area contributed by atoms with Crippen molar-refractivity contribution in [1.82, 2.24) is 0 Å². The maximum Gasteiger partial charge on any atom is 0.411 e. The van der Waals surface area contributed by atoms with E-state index < -0.39 is 12.2 Å². The number of likely N-dealkylation sites (N-methyl/N-ethyl adjacent to an activating group) is 1. The molecule has 0 saturated heterocycles. The Hall–Kier alpha value is -3.02. The van der Waals surface area contributed by atoms with Gasteiger partial charge in [0.25, 0.3) is 5.91 Å². The number of hydrogen-bond donors (Lipinski definition) is 1. The summed E-state index contributed by atoms with van der Waals surface area (Å²) >= 11 is 0. The average Bonchev–Trinajstić information content (AvgIpc) is 2.59. The molecule has 2 aromatic carbocycles. The molecule has 2 aromatic rings. The Bertz CT molecular complexity index is 761. The minimum atomic E-state index is -0.553. The normalized spacial score (nSPS) is 16.2. The highest BCUT2D eigenvalue weighted by Gasteiger charge is 2.28. The van der Waals surface area contributed by atoms with E-state index in [1.54, 1.807) is 37.1 Å². The number of ether oxygens (including phenoxy) is 2. The van der Waals surface area contributed by atoms with Gasteiger partial charge >= 0.3 is 6.09 Å². The molecule has 0 fully saturated rings. The van der Waals surface area contributed by atoms with Gasteiger partial charge in [0.2, 0.25) is 0 Å². The maximum absolute atomic E-state index is 11.9. The topological polar surface area (TPSA) is 67.9 Å². The van der Waals surface area contributed by atoms with Crippen molar-refractivity contribution in [2.75, 3.05) is 17.3 Å². The molecule has 0 radical (unpaired) electrons. The predicted octanol–water partition coefficient (Wildman–Crippen LogP) is 3.18. The van der Waals surface area contributed by atoms with Crippen molar-refractivity contribution in [3.63, 3.8) is 0 Å². The Balaban J connectivity index is 1.65. The number of hydrogen-bond acceptors (Lipinski definition) is 4. The zero-order valence-electron chi connectivity index (χ0n) is 13.5. The van der Waals surface area contributed by atoms with Gasteiger partial charge in [0.05, 0.1) is 5.69 Å². The van der Waals surface area contributed by atoms with Crippen LogP contribution in [0.15, 0.2) is 48.5 Å². The number of nitrogens with zero attached hydrogens (tertiary/aromatic N) is 1. The number of rotatable bonds is 3. The van der Waals surface area contributed by atoms with Crippen LogP contribution in [0.3, 0.4) is 0 Å². The zero-order valence-corrected chi connectivity index (χ0v) is 13.5. The van der Waals surface area contributed by atoms with Gasteiger partial charge < -0.3 is 14.4 Å². The second-order valence-corrected chi connectivity index (χ2v) is 5.53. The van der Waals surface area contributed by atoms with E-state index >= 15 is 0 Å². The van der Waals surface area contributed by atoms with E-state index in [1.807, 2.05) is 30.3 Å². The highest BCUT2D eigenvalue weighted by Crippen LogP contribution is 2.35. The monoisotopic (exact) mass is 326 g/mol. The van der Waals surface area contributed by atoms with Gasteiger partial charge in [-0.15, -0.1) is 0 Å². The first kappa shape index (κ1) is 15.9. The summed E-state index contributed by atoms with van der Waals surface area (Å²) in [6.07, 6.45) is -1.10. The molecule has 0 spiro atoms. The summed E-state index contributed by atoms with van der Waals surface area (Å²) in [6.45, 7) is 1.89. The van der Waals surface area contributed by atoms with Crippen molar-refractivity contribution >= 4 is 23.4 Å². The second-order valence-electron chi connectivity index (χ2n) is 5.53. The molecule has 124 valence electrons. The first-order valence-corrected chi connectivity index (χ1v) is 7.60. The minimum absolute atomic E-state index is 0.106. The molecular formula is C18H18N2O4. The molecule has 6 nitrogen and oxygen atoms in total. The molecule has 24 heavy (non-hydrogen) atoms. The van der Waals surface area contributed by atoms with Crippen molar-refractivity contribution in [1.29, 1.82) is 0 Å². The molecule has 1 heterocycles. The van der Waals surface area contributed by atoms with Crippen LogP contribution in [0, 0.1) is 0 Å². The molecule has 1 aliphatic rings. The molecule has 6 heteroatoms. The highest BCUT2D eigenvalue weighted by molar-refractivity contribution is 6.00. The Labute approximate surface area is 140 Å². The van der Waals surface area contributed by atoms with Crippen LogP contribution in [0.1, 0.15) is 12.5 Å². The maximum atomic E-state index is 11.9. The van der Waals surface area contributed by atoms with E-state index in [1.165, 1.54) is 0 Å². The quantitative estimate of drug-likeness (QED) is 0.940. The number of amides is 2. The Morgan fingerprint density at radius 2 is 2.00 bits per heavy atom. The third-order valence-electron chi connectivity index (χ3n) is 3.76. The fraction of sp³-hybridized carbons (Fsp3) is 0.222. The van der Waals surface area contributed by atoms with E-state index in [2.05, 4.69) is 5.32 Å². The van der Waals surface area contributed by atoms with Crippen molar-refractivity contribution < 1.29 is 19.1 Å². The first-order chi connectivity index (χ1) is 11.5. The van der Waals surface area contributed by atoms with E-state index in [0.717, 1.165) is 5.56 Å². The smallest absolute Gasteiger partial charge is 0.411 e. The van der Waals surface area contributed by atoms with Gasteiger partial charge in [0.1, 0.15) is 12.4 Å². The lowest BCUT2D eigenvalue weighted by Crippen LogP contribution is -2.41. The van der Waals surface area contributed by atoms with E-state index in [-0.39, 0.29) is 12.5 Å². The number of carbonyl (C=O) groups is 2. The Kier molecular flexibility index (Phi) is 4.37. The van der Waals surface area contributed by atoms with E-state index in [4.69, 9.17) is 9.47 Å². The second kappa shape index (κ2) is 6.62. The van der Waals surface area contributed by atoms with E-state index in [9.17, 15) is 9.59 Å². The van der Waals surface area contributed by atoms with Gasteiger partial charge in [-0.3, -0.25) is 10.1 Å². The molecule has 1 N–H and O–H groups in total. The number of carbonyl (C=O) groups excluding carboxylic acids is 2. The third-order valence-corrected chi connectivity index (χ3v) is 3.76. The number of benzene rings is 2. The number of fused-ring (bicyclic) bond motifs is 1. The van der Waals surface area contributed by atoms with Gasteiger partial charge in [-0.05, 0) is 24.6 Å². The van der Waals surface area contributed by atoms with Crippen LogP contribution in [0.25, 0.3) is 0 Å². The van der Waals surface area contributed by atoms with Crippen LogP contribution < -0.4 is 15.0 Å². The minimum Gasteiger partial charge on any atom is -0.479 e. The lowest BCUT2D eigenvalue weighted by atomic mass is 10.2. The Morgan fingerprint density at radius 3 is 2.75 bits per heavy atom. The fourth-order valence-corrected chi connectivity index (χ4v) is 2.47. The molecule has 0 aromatic heterocycles. The largest absolute Gasteiger partial charge is 0.479 e. The lowest BCUT2D eigenvalue weighted by Gasteiger charge is -2.30. The van der Waals surface area contributed by atoms with Crippen LogP contribution in [0.2, 0.25) is 0 Å². The summed E-state index contributed by atoms with van der Waals surface area (Å²) in [5.41, 5.74) is 2.12. The summed E-state index contributed by atoms with van der Waals surface area (Å²) in [5.74, 6) is 0.441. The molecule has 0 aliphatic carbocycles. The van der Waals surface area contributed by atoms with Crippen molar-refractivity contribution in [3.05, 3.63) is 54.1 Å². The first-order valence-electron chi connectivity index (χ1n) is 7.60. The SMILES string of the molecule is CC1Oc2cc(NC(=O)OCc3ccccc3)ccc2N(C)C1=O. The summed E-state index contributed by atoms with van der Waals surface area (Å²) in [4.78, 5) is 25.3. The molecule has 1 unspecified atom stereocenters. The third kappa shape index (κ3) is 3.32. The van der Waals surface area contributed by atoms with E-state index in [0.29, 0.717) is 17.1 Å². The van der Waals surface area contributed by atoms with Crippen molar-refractivity contribution in [2.24, 2.45) is 0 Å². The van der Waals surface area contributed by atoms with Crippen LogP contribution in [-0.2, 0) is 16.1 Å². The highest BCUT2D eigenvalue weighted by atomic mass is 16.5. The standard InChI is InChI=1S/C18H18N2O4/c1-12-17(21)20(2)15-9-8-14(10-16(15)24-12)19-18(22)23-11-13-6-4-3-5-7-13/h3-10,12H,11H2,1-2H3,(H,19,22). The van der Waals surface area contributed by atoms with Gasteiger partial charge in [-0.25, -0.2) is 4.79 Å². The molecule has 3 rings (SSSR count). The molecule has 0 bridgehead atoms. The van der Waals surface area contributed by atoms with Crippen LogP contribution in [0.4, 0.5) is 16.2 Å². The number of nitrogens with one attached hydrogen (secondary N) is 1. The average molecular weight is 326 g/mol. The van der Waals surface area contributed by atoms with Crippen LogP contribution >= 0.6 is 0 Å². The Morgan fingerprint density at radius 1 is 1.25 bits per heavy atom. The van der Waals surface area contributed by atoms with Crippen LogP contribution in [0.5, 0.6) is 5.75 Å². The molecule has 2 amide bonds. The molecule has 0 saturated carbocycles. The van der Waals surface area contributed by atoms with Gasteiger partial charge in [0, 0.05) is 18.8 Å². The zero-order chi connectivity index (χ0) is 17.1. The van der Waals surface area contributed by atoms with Gasteiger partial charge in [-0.2, -0.15) is 0 Å². The van der Waals surface area contributed by atoms with Crippen molar-refractivity contribution in [3.8, 4) is 5.75 Å². The summed E-state index contributed by atoms with van der Waals surface area (Å²) < 4.78 is 10.8. The molecular weight excluding hydrogens is 308 g/mol. The molecule has 1 atom stereocenters. The molecule has 1 aliphatic heterocycles. The lowest BCUT2D eigenvalue weighted by molar-refractivity contribution is -0.125. The fourth-order valence-electron chi connectivity index (χ4n) is 2.47. The van der Waals surface area contributed by atoms with Crippen LogP contribution in [-0.4, -0.2) is 25.2 Å². The summed E-state index contributed by atoms with van der Waals surface area (Å²) in [5, 5.41) is 2.66. The summed E-state index contributed by atoms with van der Waals surface area (Å²) in [7, 11) is 1.70. The predicted molar refractivity (Wildman–Crippen MR) is 90.2 cm³/mol.